The number of benzene rings is 2. The molecular formula is C15H12ClNO4. The molecule has 0 aliphatic heterocycles. The second-order valence-corrected chi connectivity index (χ2v) is 4.75. The van der Waals surface area contributed by atoms with Gasteiger partial charge in [-0.2, -0.15) is 0 Å². The van der Waals surface area contributed by atoms with Gasteiger partial charge in [0.05, 0.1) is 5.56 Å². The van der Waals surface area contributed by atoms with Crippen LogP contribution in [0.3, 0.4) is 0 Å². The number of carboxylic acid groups (broad SMARTS) is 1. The van der Waals surface area contributed by atoms with Crippen LogP contribution in [-0.4, -0.2) is 22.1 Å². The van der Waals surface area contributed by atoms with Crippen molar-refractivity contribution in [1.82, 2.24) is 5.32 Å². The van der Waals surface area contributed by atoms with E-state index in [1.165, 1.54) is 18.2 Å². The van der Waals surface area contributed by atoms with E-state index in [1.807, 2.05) is 0 Å². The number of aliphatic carboxylic acids is 1. The summed E-state index contributed by atoms with van der Waals surface area (Å²) in [6.45, 7) is 0. The van der Waals surface area contributed by atoms with Gasteiger partial charge in [0.1, 0.15) is 5.75 Å². The average molecular weight is 306 g/mol. The Kier molecular flexibility index (Phi) is 4.45. The maximum absolute atomic E-state index is 12.1. The van der Waals surface area contributed by atoms with Crippen molar-refractivity contribution >= 4 is 23.5 Å². The molecule has 0 heterocycles. The van der Waals surface area contributed by atoms with Gasteiger partial charge in [0, 0.05) is 5.02 Å². The van der Waals surface area contributed by atoms with E-state index in [0.717, 1.165) is 0 Å². The summed E-state index contributed by atoms with van der Waals surface area (Å²) in [6.07, 6.45) is 0. The number of carbonyl (C=O) groups excluding carboxylic acids is 1. The lowest BCUT2D eigenvalue weighted by molar-refractivity contribution is -0.139. The highest BCUT2D eigenvalue weighted by molar-refractivity contribution is 6.31. The molecule has 1 atom stereocenters. The second kappa shape index (κ2) is 6.28. The van der Waals surface area contributed by atoms with E-state index < -0.39 is 17.9 Å². The fourth-order valence-electron chi connectivity index (χ4n) is 1.83. The molecule has 5 nitrogen and oxygen atoms in total. The highest BCUT2D eigenvalue weighted by Gasteiger charge is 2.23. The van der Waals surface area contributed by atoms with Gasteiger partial charge in [-0.1, -0.05) is 41.9 Å². The molecule has 3 N–H and O–H groups in total. The summed E-state index contributed by atoms with van der Waals surface area (Å²) in [4.78, 5) is 23.4. The maximum atomic E-state index is 12.1. The van der Waals surface area contributed by atoms with Crippen molar-refractivity contribution < 1.29 is 19.8 Å². The number of carboxylic acids is 1. The van der Waals surface area contributed by atoms with Gasteiger partial charge in [-0.3, -0.25) is 4.79 Å². The van der Waals surface area contributed by atoms with Gasteiger partial charge >= 0.3 is 5.97 Å². The predicted molar refractivity (Wildman–Crippen MR) is 77.4 cm³/mol. The SMILES string of the molecule is O=C(NC(C(=O)O)c1ccccc1)c1cc(Cl)ccc1O. The summed E-state index contributed by atoms with van der Waals surface area (Å²) < 4.78 is 0. The Labute approximate surface area is 125 Å². The first-order valence-corrected chi connectivity index (χ1v) is 6.44. The number of hydrogen-bond acceptors (Lipinski definition) is 3. The number of aromatic hydroxyl groups is 1. The van der Waals surface area contributed by atoms with E-state index >= 15 is 0 Å². The third-order valence-electron chi connectivity index (χ3n) is 2.86. The van der Waals surface area contributed by atoms with Crippen LogP contribution in [0.2, 0.25) is 5.02 Å². The lowest BCUT2D eigenvalue weighted by Crippen LogP contribution is -2.33. The summed E-state index contributed by atoms with van der Waals surface area (Å²) in [5, 5.41) is 21.5. The molecule has 1 unspecified atom stereocenters. The summed E-state index contributed by atoms with van der Waals surface area (Å²) in [5.74, 6) is -2.18. The molecular weight excluding hydrogens is 294 g/mol. The number of carbonyl (C=O) groups is 2. The molecule has 0 aliphatic carbocycles. The van der Waals surface area contributed by atoms with E-state index in [1.54, 1.807) is 30.3 Å². The normalized spacial score (nSPS) is 11.7. The van der Waals surface area contributed by atoms with Gasteiger partial charge in [-0.25, -0.2) is 4.79 Å². The van der Waals surface area contributed by atoms with Crippen LogP contribution in [-0.2, 0) is 4.79 Å². The molecule has 0 spiro atoms. The molecule has 2 aromatic rings. The number of halogens is 1. The Morgan fingerprint density at radius 2 is 1.76 bits per heavy atom. The predicted octanol–water partition coefficient (Wildman–Crippen LogP) is 2.60. The zero-order valence-electron chi connectivity index (χ0n) is 10.8. The number of nitrogens with one attached hydrogen (secondary N) is 1. The van der Waals surface area contributed by atoms with E-state index in [0.29, 0.717) is 5.56 Å². The van der Waals surface area contributed by atoms with E-state index in [2.05, 4.69) is 5.32 Å². The molecule has 2 rings (SSSR count). The van der Waals surface area contributed by atoms with Crippen LogP contribution in [0.5, 0.6) is 5.75 Å². The Morgan fingerprint density at radius 3 is 2.38 bits per heavy atom. The highest BCUT2D eigenvalue weighted by atomic mass is 35.5. The standard InChI is InChI=1S/C15H12ClNO4/c16-10-6-7-12(18)11(8-10)14(19)17-13(15(20)21)9-4-2-1-3-5-9/h1-8,13,18H,(H,17,19)(H,20,21). The lowest BCUT2D eigenvalue weighted by Gasteiger charge is -2.15. The van der Waals surface area contributed by atoms with E-state index in [-0.39, 0.29) is 16.3 Å². The maximum Gasteiger partial charge on any atom is 0.330 e. The van der Waals surface area contributed by atoms with Gasteiger partial charge in [-0.15, -0.1) is 0 Å². The van der Waals surface area contributed by atoms with Crippen molar-refractivity contribution in [1.29, 1.82) is 0 Å². The molecule has 6 heteroatoms. The van der Waals surface area contributed by atoms with Crippen LogP contribution in [0.1, 0.15) is 22.0 Å². The minimum Gasteiger partial charge on any atom is -0.507 e. The zero-order chi connectivity index (χ0) is 15.4. The lowest BCUT2D eigenvalue weighted by atomic mass is 10.1. The van der Waals surface area contributed by atoms with E-state index in [4.69, 9.17) is 11.6 Å². The van der Waals surface area contributed by atoms with Crippen molar-refractivity contribution in [3.8, 4) is 5.75 Å². The number of amides is 1. The molecule has 108 valence electrons. The smallest absolute Gasteiger partial charge is 0.330 e. The van der Waals surface area contributed by atoms with Crippen molar-refractivity contribution in [2.45, 2.75) is 6.04 Å². The van der Waals surface area contributed by atoms with Crippen LogP contribution in [0, 0.1) is 0 Å². The van der Waals surface area contributed by atoms with Crippen molar-refractivity contribution in [2.75, 3.05) is 0 Å². The third kappa shape index (κ3) is 3.52. The monoisotopic (exact) mass is 305 g/mol. The topological polar surface area (TPSA) is 86.6 Å². The Bertz CT molecular complexity index is 673. The molecule has 0 aromatic heterocycles. The van der Waals surface area contributed by atoms with Crippen LogP contribution in [0.4, 0.5) is 0 Å². The number of phenols is 1. The fourth-order valence-corrected chi connectivity index (χ4v) is 2.00. The molecule has 2 aromatic carbocycles. The van der Waals surface area contributed by atoms with Gasteiger partial charge in [0.25, 0.3) is 5.91 Å². The molecule has 0 aliphatic rings. The Morgan fingerprint density at radius 1 is 1.10 bits per heavy atom. The van der Waals surface area contributed by atoms with Crippen LogP contribution in [0.15, 0.2) is 48.5 Å². The minimum absolute atomic E-state index is 0.0790. The molecule has 0 saturated carbocycles. The average Bonchev–Trinajstić information content (AvgIpc) is 2.47. The van der Waals surface area contributed by atoms with Crippen molar-refractivity contribution in [3.05, 3.63) is 64.7 Å². The second-order valence-electron chi connectivity index (χ2n) is 4.32. The number of rotatable bonds is 4. The molecule has 0 bridgehead atoms. The Hall–Kier alpha value is -2.53. The van der Waals surface area contributed by atoms with Gasteiger partial charge in [0.15, 0.2) is 6.04 Å². The summed E-state index contributed by atoms with van der Waals surface area (Å²) >= 11 is 5.77. The fraction of sp³-hybridized carbons (Fsp3) is 0.0667. The summed E-state index contributed by atoms with van der Waals surface area (Å²) in [6, 6.07) is 11.0. The molecule has 0 radical (unpaired) electrons. The van der Waals surface area contributed by atoms with Crippen molar-refractivity contribution in [2.24, 2.45) is 0 Å². The van der Waals surface area contributed by atoms with Crippen molar-refractivity contribution in [3.63, 3.8) is 0 Å². The van der Waals surface area contributed by atoms with Crippen LogP contribution < -0.4 is 5.32 Å². The molecule has 0 saturated heterocycles. The first-order chi connectivity index (χ1) is 9.99. The first-order valence-electron chi connectivity index (χ1n) is 6.06. The molecule has 0 fully saturated rings. The molecule has 1 amide bonds. The zero-order valence-corrected chi connectivity index (χ0v) is 11.5. The molecule has 21 heavy (non-hydrogen) atoms. The highest BCUT2D eigenvalue weighted by Crippen LogP contribution is 2.22. The quantitative estimate of drug-likeness (QED) is 0.810. The van der Waals surface area contributed by atoms with Gasteiger partial charge in [-0.05, 0) is 23.8 Å². The van der Waals surface area contributed by atoms with E-state index in [9.17, 15) is 19.8 Å². The minimum atomic E-state index is -1.21. The Balaban J connectivity index is 2.27. The number of phenolic OH excluding ortho intramolecular Hbond substituents is 1. The van der Waals surface area contributed by atoms with Crippen LogP contribution in [0.25, 0.3) is 0 Å². The third-order valence-corrected chi connectivity index (χ3v) is 3.09. The largest absolute Gasteiger partial charge is 0.507 e. The number of hydrogen-bond donors (Lipinski definition) is 3. The summed E-state index contributed by atoms with van der Waals surface area (Å²) in [5.41, 5.74) is 0.351. The first kappa shape index (κ1) is 14.9. The van der Waals surface area contributed by atoms with Crippen LogP contribution >= 0.6 is 11.6 Å². The van der Waals surface area contributed by atoms with Gasteiger partial charge in [0.2, 0.25) is 0 Å². The van der Waals surface area contributed by atoms with Gasteiger partial charge < -0.3 is 15.5 Å². The summed E-state index contributed by atoms with van der Waals surface area (Å²) in [7, 11) is 0.